The van der Waals surface area contributed by atoms with Crippen LogP contribution in [0.25, 0.3) is 0 Å². The van der Waals surface area contributed by atoms with Gasteiger partial charge in [-0.25, -0.2) is 4.98 Å². The fraction of sp³-hybridized carbons (Fsp3) is 0.308. The van der Waals surface area contributed by atoms with Crippen LogP contribution in [-0.4, -0.2) is 20.3 Å². The maximum atomic E-state index is 12.0. The Kier molecular flexibility index (Phi) is 3.32. The summed E-state index contributed by atoms with van der Waals surface area (Å²) in [6.07, 6.45) is 3.90. The lowest BCUT2D eigenvalue weighted by molar-refractivity contribution is 0.0985. The molecule has 0 bridgehead atoms. The summed E-state index contributed by atoms with van der Waals surface area (Å²) < 4.78 is 1.97. The van der Waals surface area contributed by atoms with Crippen LogP contribution < -0.4 is 0 Å². The number of imidazole rings is 1. The Balaban J connectivity index is 2.17. The van der Waals surface area contributed by atoms with E-state index in [1.165, 1.54) is 0 Å². The molecule has 88 valence electrons. The first-order chi connectivity index (χ1) is 8.20. The minimum absolute atomic E-state index is 0.00889. The topological polar surface area (TPSA) is 47.8 Å². The molecule has 0 unspecified atom stereocenters. The molecular formula is C13H15N3O. The minimum atomic E-state index is 0.00889. The van der Waals surface area contributed by atoms with Crippen LogP contribution in [0.1, 0.15) is 28.9 Å². The lowest BCUT2D eigenvalue weighted by Crippen LogP contribution is -2.11. The summed E-state index contributed by atoms with van der Waals surface area (Å²) in [4.78, 5) is 20.4. The Labute approximate surface area is 100 Å². The number of carbonyl (C=O) groups excluding carboxylic acids is 1. The second kappa shape index (κ2) is 4.91. The van der Waals surface area contributed by atoms with E-state index in [0.29, 0.717) is 12.1 Å². The van der Waals surface area contributed by atoms with Gasteiger partial charge in [0.05, 0.1) is 6.42 Å². The molecule has 4 nitrogen and oxygen atoms in total. The highest BCUT2D eigenvalue weighted by Gasteiger charge is 2.11. The highest BCUT2D eigenvalue weighted by molar-refractivity contribution is 5.95. The summed E-state index contributed by atoms with van der Waals surface area (Å²) in [6, 6.07) is 5.47. The number of nitrogens with zero attached hydrogens (tertiary/aromatic N) is 3. The Morgan fingerprint density at radius 2 is 2.24 bits per heavy atom. The molecule has 0 radical (unpaired) electrons. The van der Waals surface area contributed by atoms with Crippen molar-refractivity contribution in [1.82, 2.24) is 14.5 Å². The van der Waals surface area contributed by atoms with Gasteiger partial charge in [-0.15, -0.1) is 0 Å². The first kappa shape index (κ1) is 11.5. The van der Waals surface area contributed by atoms with Crippen molar-refractivity contribution in [2.45, 2.75) is 26.8 Å². The predicted molar refractivity (Wildman–Crippen MR) is 64.9 cm³/mol. The smallest absolute Gasteiger partial charge is 0.188 e. The fourth-order valence-corrected chi connectivity index (χ4v) is 1.73. The monoisotopic (exact) mass is 229 g/mol. The molecule has 0 N–H and O–H groups in total. The molecular weight excluding hydrogens is 214 g/mol. The van der Waals surface area contributed by atoms with Gasteiger partial charge in [0.25, 0.3) is 0 Å². The van der Waals surface area contributed by atoms with Crippen LogP contribution >= 0.6 is 0 Å². The van der Waals surface area contributed by atoms with E-state index in [9.17, 15) is 4.79 Å². The van der Waals surface area contributed by atoms with E-state index in [-0.39, 0.29) is 5.78 Å². The van der Waals surface area contributed by atoms with Crippen molar-refractivity contribution in [3.8, 4) is 0 Å². The van der Waals surface area contributed by atoms with E-state index >= 15 is 0 Å². The molecule has 0 aliphatic rings. The SMILES string of the molecule is CCn1ccnc1CC(=O)c1cccc(C)n1. The summed E-state index contributed by atoms with van der Waals surface area (Å²) >= 11 is 0. The zero-order valence-electron chi connectivity index (χ0n) is 10.1. The van der Waals surface area contributed by atoms with Crippen molar-refractivity contribution in [3.05, 3.63) is 47.8 Å². The van der Waals surface area contributed by atoms with Crippen LogP contribution in [0.5, 0.6) is 0 Å². The standard InChI is InChI=1S/C13H15N3O/c1-3-16-8-7-14-13(16)9-12(17)11-6-4-5-10(2)15-11/h4-8H,3,9H2,1-2H3. The molecule has 0 saturated heterocycles. The van der Waals surface area contributed by atoms with Crippen molar-refractivity contribution in [2.75, 3.05) is 0 Å². The van der Waals surface area contributed by atoms with Crippen LogP contribution in [0.15, 0.2) is 30.6 Å². The minimum Gasteiger partial charge on any atom is -0.335 e. The second-order valence-corrected chi connectivity index (χ2v) is 3.89. The van der Waals surface area contributed by atoms with Gasteiger partial charge in [-0.05, 0) is 26.0 Å². The number of hydrogen-bond donors (Lipinski definition) is 0. The number of aryl methyl sites for hydroxylation is 2. The lowest BCUT2D eigenvalue weighted by atomic mass is 10.2. The largest absolute Gasteiger partial charge is 0.335 e. The van der Waals surface area contributed by atoms with Gasteiger partial charge in [-0.2, -0.15) is 0 Å². The molecule has 2 aromatic heterocycles. The van der Waals surface area contributed by atoms with E-state index in [2.05, 4.69) is 9.97 Å². The molecule has 0 aliphatic carbocycles. The van der Waals surface area contributed by atoms with E-state index in [1.54, 1.807) is 12.3 Å². The maximum Gasteiger partial charge on any atom is 0.188 e. The first-order valence-electron chi connectivity index (χ1n) is 5.67. The van der Waals surface area contributed by atoms with Gasteiger partial charge in [-0.3, -0.25) is 9.78 Å². The summed E-state index contributed by atoms with van der Waals surface area (Å²) in [5, 5.41) is 0. The summed E-state index contributed by atoms with van der Waals surface area (Å²) in [5.74, 6) is 0.801. The number of Topliss-reactive ketones (excluding diaryl/α,β-unsaturated/α-hetero) is 1. The maximum absolute atomic E-state index is 12.0. The van der Waals surface area contributed by atoms with Gasteiger partial charge in [0.1, 0.15) is 11.5 Å². The average molecular weight is 229 g/mol. The van der Waals surface area contributed by atoms with Crippen molar-refractivity contribution in [2.24, 2.45) is 0 Å². The zero-order chi connectivity index (χ0) is 12.3. The number of pyridine rings is 1. The second-order valence-electron chi connectivity index (χ2n) is 3.89. The third-order valence-corrected chi connectivity index (χ3v) is 2.64. The lowest BCUT2D eigenvalue weighted by Gasteiger charge is -2.04. The van der Waals surface area contributed by atoms with Crippen molar-refractivity contribution in [1.29, 1.82) is 0 Å². The van der Waals surface area contributed by atoms with E-state index in [1.807, 2.05) is 36.7 Å². The van der Waals surface area contributed by atoms with E-state index in [0.717, 1.165) is 18.1 Å². The van der Waals surface area contributed by atoms with Gasteiger partial charge in [0, 0.05) is 24.6 Å². The molecule has 0 atom stereocenters. The fourth-order valence-electron chi connectivity index (χ4n) is 1.73. The van der Waals surface area contributed by atoms with E-state index in [4.69, 9.17) is 0 Å². The molecule has 4 heteroatoms. The molecule has 0 amide bonds. The highest BCUT2D eigenvalue weighted by atomic mass is 16.1. The number of rotatable bonds is 4. The summed E-state index contributed by atoms with van der Waals surface area (Å²) in [7, 11) is 0. The van der Waals surface area contributed by atoms with Gasteiger partial charge < -0.3 is 4.57 Å². The van der Waals surface area contributed by atoms with Gasteiger partial charge in [-0.1, -0.05) is 6.07 Å². The van der Waals surface area contributed by atoms with Gasteiger partial charge >= 0.3 is 0 Å². The number of ketones is 1. The number of aromatic nitrogens is 3. The average Bonchev–Trinajstić information content (AvgIpc) is 2.76. The van der Waals surface area contributed by atoms with Crippen LogP contribution in [0.4, 0.5) is 0 Å². The third kappa shape index (κ3) is 2.58. The van der Waals surface area contributed by atoms with Crippen molar-refractivity contribution in [3.63, 3.8) is 0 Å². The Hall–Kier alpha value is -1.97. The molecule has 0 saturated carbocycles. The van der Waals surface area contributed by atoms with Crippen LogP contribution in [0.2, 0.25) is 0 Å². The van der Waals surface area contributed by atoms with Crippen molar-refractivity contribution >= 4 is 5.78 Å². The molecule has 2 aromatic rings. The van der Waals surface area contributed by atoms with E-state index < -0.39 is 0 Å². The Morgan fingerprint density at radius 3 is 2.94 bits per heavy atom. The summed E-state index contributed by atoms with van der Waals surface area (Å²) in [5.41, 5.74) is 1.37. The molecule has 0 aliphatic heterocycles. The highest BCUT2D eigenvalue weighted by Crippen LogP contribution is 2.05. The molecule has 2 rings (SSSR count). The summed E-state index contributed by atoms with van der Waals surface area (Å²) in [6.45, 7) is 4.73. The third-order valence-electron chi connectivity index (χ3n) is 2.64. The molecule has 2 heterocycles. The zero-order valence-corrected chi connectivity index (χ0v) is 10.1. The normalized spacial score (nSPS) is 10.5. The predicted octanol–water partition coefficient (Wildman–Crippen LogP) is 2.03. The Bertz CT molecular complexity index is 531. The van der Waals surface area contributed by atoms with Crippen LogP contribution in [-0.2, 0) is 13.0 Å². The molecule has 0 aromatic carbocycles. The molecule has 0 fully saturated rings. The van der Waals surface area contributed by atoms with Crippen LogP contribution in [0.3, 0.4) is 0 Å². The quantitative estimate of drug-likeness (QED) is 0.754. The van der Waals surface area contributed by atoms with Crippen LogP contribution in [0, 0.1) is 6.92 Å². The number of carbonyl (C=O) groups is 1. The molecule has 17 heavy (non-hydrogen) atoms. The van der Waals surface area contributed by atoms with Gasteiger partial charge in [0.2, 0.25) is 0 Å². The number of hydrogen-bond acceptors (Lipinski definition) is 3. The molecule has 0 spiro atoms. The van der Waals surface area contributed by atoms with Crippen molar-refractivity contribution < 1.29 is 4.79 Å². The first-order valence-corrected chi connectivity index (χ1v) is 5.67. The van der Waals surface area contributed by atoms with Gasteiger partial charge in [0.15, 0.2) is 5.78 Å². The Morgan fingerprint density at radius 1 is 1.41 bits per heavy atom.